The van der Waals surface area contributed by atoms with Gasteiger partial charge in [-0.2, -0.15) is 0 Å². The molecule has 0 aliphatic carbocycles. The zero-order valence-electron chi connectivity index (χ0n) is 14.5. The molecular formula is C19H24FN3OS. The summed E-state index contributed by atoms with van der Waals surface area (Å²) < 4.78 is 13.2. The normalized spacial score (nSPS) is 17.4. The molecule has 6 heteroatoms. The van der Waals surface area contributed by atoms with E-state index in [1.54, 1.807) is 23.5 Å². The number of halogens is 1. The van der Waals surface area contributed by atoms with Crippen LogP contribution in [-0.2, 0) is 11.2 Å². The summed E-state index contributed by atoms with van der Waals surface area (Å²) in [5.74, 6) is -0.428. The Balaban J connectivity index is 1.44. The van der Waals surface area contributed by atoms with Crippen molar-refractivity contribution in [1.29, 1.82) is 0 Å². The van der Waals surface area contributed by atoms with E-state index in [1.807, 2.05) is 6.92 Å². The lowest BCUT2D eigenvalue weighted by molar-refractivity contribution is -0.121. The molecule has 0 bridgehead atoms. The van der Waals surface area contributed by atoms with Crippen molar-refractivity contribution >= 4 is 22.9 Å². The molecule has 1 atom stereocenters. The van der Waals surface area contributed by atoms with Gasteiger partial charge >= 0.3 is 0 Å². The number of nitrogens with one attached hydrogen (secondary N) is 1. The van der Waals surface area contributed by atoms with E-state index in [0.717, 1.165) is 39.1 Å². The molecular weight excluding hydrogens is 337 g/mol. The Morgan fingerprint density at radius 3 is 2.72 bits per heavy atom. The van der Waals surface area contributed by atoms with Gasteiger partial charge in [-0.25, -0.2) is 4.39 Å². The number of anilines is 1. The second-order valence-electron chi connectivity index (χ2n) is 6.38. The van der Waals surface area contributed by atoms with Gasteiger partial charge in [0.25, 0.3) is 0 Å². The van der Waals surface area contributed by atoms with Crippen molar-refractivity contribution in [1.82, 2.24) is 9.80 Å². The van der Waals surface area contributed by atoms with Gasteiger partial charge in [0.1, 0.15) is 5.82 Å². The maximum Gasteiger partial charge on any atom is 0.241 e. The summed E-state index contributed by atoms with van der Waals surface area (Å²) in [6.45, 7) is 6.68. The third kappa shape index (κ3) is 5.11. The summed E-state index contributed by atoms with van der Waals surface area (Å²) in [4.78, 5) is 18.5. The van der Waals surface area contributed by atoms with Gasteiger partial charge in [-0.05, 0) is 43.0 Å². The van der Waals surface area contributed by atoms with E-state index in [9.17, 15) is 9.18 Å². The Labute approximate surface area is 152 Å². The minimum atomic E-state index is -0.343. The average Bonchev–Trinajstić information content (AvgIpc) is 3.13. The number of nitrogens with zero attached hydrogens (tertiary/aromatic N) is 2. The Morgan fingerprint density at radius 2 is 2.04 bits per heavy atom. The molecule has 1 N–H and O–H groups in total. The number of carbonyl (C=O) groups is 1. The van der Waals surface area contributed by atoms with E-state index >= 15 is 0 Å². The smallest absolute Gasteiger partial charge is 0.241 e. The number of amides is 1. The van der Waals surface area contributed by atoms with Gasteiger partial charge < -0.3 is 10.2 Å². The van der Waals surface area contributed by atoms with Crippen LogP contribution in [0.3, 0.4) is 0 Å². The summed E-state index contributed by atoms with van der Waals surface area (Å²) in [7, 11) is 0. The van der Waals surface area contributed by atoms with Crippen molar-refractivity contribution in [2.24, 2.45) is 0 Å². The monoisotopic (exact) mass is 361 g/mol. The quantitative estimate of drug-likeness (QED) is 0.859. The third-order valence-corrected chi connectivity index (χ3v) is 5.62. The molecule has 1 aromatic heterocycles. The lowest BCUT2D eigenvalue weighted by atomic mass is 10.2. The lowest BCUT2D eigenvalue weighted by Crippen LogP contribution is -2.53. The second-order valence-corrected chi connectivity index (χ2v) is 7.41. The molecule has 1 saturated heterocycles. The molecule has 2 heterocycles. The van der Waals surface area contributed by atoms with Crippen LogP contribution in [0.2, 0.25) is 0 Å². The van der Waals surface area contributed by atoms with E-state index in [0.29, 0.717) is 5.69 Å². The van der Waals surface area contributed by atoms with Gasteiger partial charge in [0, 0.05) is 43.3 Å². The molecule has 0 spiro atoms. The van der Waals surface area contributed by atoms with Gasteiger partial charge in [0.2, 0.25) is 5.91 Å². The largest absolute Gasteiger partial charge is 0.325 e. The molecule has 25 heavy (non-hydrogen) atoms. The Bertz CT molecular complexity index is 684. The van der Waals surface area contributed by atoms with E-state index in [-0.39, 0.29) is 17.8 Å². The predicted octanol–water partition coefficient (Wildman–Crippen LogP) is 3.07. The van der Waals surface area contributed by atoms with E-state index in [1.165, 1.54) is 17.0 Å². The average molecular weight is 361 g/mol. The number of hydrogen-bond acceptors (Lipinski definition) is 4. The zero-order chi connectivity index (χ0) is 17.6. The molecule has 1 aliphatic heterocycles. The van der Waals surface area contributed by atoms with Crippen molar-refractivity contribution in [2.75, 3.05) is 38.0 Å². The van der Waals surface area contributed by atoms with Crippen molar-refractivity contribution in [3.8, 4) is 0 Å². The number of thiophene rings is 1. The summed E-state index contributed by atoms with van der Waals surface area (Å²) in [6, 6.07) is 10.1. The van der Waals surface area contributed by atoms with Crippen molar-refractivity contribution in [3.05, 3.63) is 52.5 Å². The van der Waals surface area contributed by atoms with Gasteiger partial charge in [0.05, 0.1) is 6.04 Å². The molecule has 134 valence electrons. The Kier molecular flexibility index (Phi) is 6.18. The summed E-state index contributed by atoms with van der Waals surface area (Å²) in [5, 5.41) is 4.92. The molecule has 3 rings (SSSR count). The molecule has 0 saturated carbocycles. The first-order valence-corrected chi connectivity index (χ1v) is 9.55. The van der Waals surface area contributed by atoms with E-state index in [2.05, 4.69) is 32.6 Å². The molecule has 0 radical (unpaired) electrons. The van der Waals surface area contributed by atoms with Gasteiger partial charge in [-0.1, -0.05) is 12.1 Å². The molecule has 1 aliphatic rings. The van der Waals surface area contributed by atoms with Crippen LogP contribution in [0.1, 0.15) is 11.8 Å². The fraction of sp³-hybridized carbons (Fsp3) is 0.421. The third-order valence-electron chi connectivity index (χ3n) is 4.68. The van der Waals surface area contributed by atoms with Crippen LogP contribution in [-0.4, -0.2) is 54.5 Å². The van der Waals surface area contributed by atoms with E-state index < -0.39 is 0 Å². The van der Waals surface area contributed by atoms with Crippen molar-refractivity contribution < 1.29 is 9.18 Å². The van der Waals surface area contributed by atoms with Crippen LogP contribution in [0.5, 0.6) is 0 Å². The number of benzene rings is 1. The Hall–Kier alpha value is -1.76. The summed E-state index contributed by atoms with van der Waals surface area (Å²) in [6.07, 6.45) is 1.09. The van der Waals surface area contributed by atoms with Crippen LogP contribution >= 0.6 is 11.3 Å². The molecule has 1 amide bonds. The highest BCUT2D eigenvalue weighted by Gasteiger charge is 2.25. The predicted molar refractivity (Wildman–Crippen MR) is 101 cm³/mol. The number of piperazine rings is 1. The highest BCUT2D eigenvalue weighted by Crippen LogP contribution is 2.14. The molecule has 0 unspecified atom stereocenters. The van der Waals surface area contributed by atoms with Gasteiger partial charge in [0.15, 0.2) is 0 Å². The number of carbonyl (C=O) groups excluding carboxylic acids is 1. The highest BCUT2D eigenvalue weighted by molar-refractivity contribution is 7.09. The molecule has 2 aromatic rings. The molecule has 1 aromatic carbocycles. The van der Waals surface area contributed by atoms with Crippen molar-refractivity contribution in [2.45, 2.75) is 19.4 Å². The minimum Gasteiger partial charge on any atom is -0.325 e. The van der Waals surface area contributed by atoms with Crippen LogP contribution in [0.4, 0.5) is 10.1 Å². The van der Waals surface area contributed by atoms with Crippen molar-refractivity contribution in [3.63, 3.8) is 0 Å². The topological polar surface area (TPSA) is 35.6 Å². The lowest BCUT2D eigenvalue weighted by Gasteiger charge is -2.37. The SMILES string of the molecule is C[C@@H](C(=O)Nc1cccc(F)c1)N1CCN(CCc2cccs2)CC1. The van der Waals surface area contributed by atoms with Crippen LogP contribution in [0.15, 0.2) is 41.8 Å². The maximum atomic E-state index is 13.2. The van der Waals surface area contributed by atoms with Crippen LogP contribution < -0.4 is 5.32 Å². The van der Waals surface area contributed by atoms with Crippen LogP contribution in [0.25, 0.3) is 0 Å². The zero-order valence-corrected chi connectivity index (χ0v) is 15.3. The molecule has 4 nitrogen and oxygen atoms in total. The number of hydrogen-bond donors (Lipinski definition) is 1. The van der Waals surface area contributed by atoms with Gasteiger partial charge in [-0.15, -0.1) is 11.3 Å². The first-order valence-electron chi connectivity index (χ1n) is 8.67. The molecule has 1 fully saturated rings. The second kappa shape index (κ2) is 8.56. The first kappa shape index (κ1) is 18.0. The maximum absolute atomic E-state index is 13.2. The summed E-state index contributed by atoms with van der Waals surface area (Å²) >= 11 is 1.81. The Morgan fingerprint density at radius 1 is 1.24 bits per heavy atom. The first-order chi connectivity index (χ1) is 12.1. The van der Waals surface area contributed by atoms with Gasteiger partial charge in [-0.3, -0.25) is 9.69 Å². The highest BCUT2D eigenvalue weighted by atomic mass is 32.1. The minimum absolute atomic E-state index is 0.0855. The van der Waals surface area contributed by atoms with E-state index in [4.69, 9.17) is 0 Å². The fourth-order valence-corrected chi connectivity index (χ4v) is 3.77. The summed E-state index contributed by atoms with van der Waals surface area (Å²) in [5.41, 5.74) is 0.506. The fourth-order valence-electron chi connectivity index (χ4n) is 3.08. The van der Waals surface area contributed by atoms with Crippen LogP contribution in [0, 0.1) is 5.82 Å². The standard InChI is InChI=1S/C19H24FN3OS/c1-15(19(24)21-17-5-2-4-16(20)14-17)23-11-9-22(10-12-23)8-7-18-6-3-13-25-18/h2-6,13-15H,7-12H2,1H3,(H,21,24)/t15-/m0/s1. The number of rotatable bonds is 6.